The van der Waals surface area contributed by atoms with E-state index in [1.54, 1.807) is 13.8 Å². The number of carboxylic acid groups (broad SMARTS) is 2. The summed E-state index contributed by atoms with van der Waals surface area (Å²) in [5.74, 6) is -5.05. The lowest BCUT2D eigenvalue weighted by Crippen LogP contribution is -2.58. The van der Waals surface area contributed by atoms with Crippen LogP contribution in [0, 0.1) is 5.92 Å². The summed E-state index contributed by atoms with van der Waals surface area (Å²) < 4.78 is 0. The molecule has 184 valence electrons. The molecule has 1 rings (SSSR count). The highest BCUT2D eigenvalue weighted by molar-refractivity contribution is 5.94. The highest BCUT2D eigenvalue weighted by Crippen LogP contribution is 2.10. The van der Waals surface area contributed by atoms with Gasteiger partial charge in [0, 0.05) is 24.7 Å². The number of nitrogens with one attached hydrogen (secondary N) is 4. The molecule has 0 aliphatic rings. The van der Waals surface area contributed by atoms with Crippen LogP contribution in [0.5, 0.6) is 0 Å². The van der Waals surface area contributed by atoms with Crippen LogP contribution in [-0.4, -0.2) is 74.0 Å². The Morgan fingerprint density at radius 3 is 2.12 bits per heavy atom. The molecule has 33 heavy (non-hydrogen) atoms. The monoisotopic (exact) mass is 468 g/mol. The Hall–Kier alpha value is -3.48. The topological polar surface area (TPSA) is 217 Å². The molecule has 5 unspecified atom stereocenters. The molecular formula is C20H32N6O7. The van der Waals surface area contributed by atoms with Gasteiger partial charge in [0.1, 0.15) is 18.1 Å². The van der Waals surface area contributed by atoms with Gasteiger partial charge in [-0.05, 0) is 19.3 Å². The van der Waals surface area contributed by atoms with Crippen LogP contribution in [0.2, 0.25) is 0 Å². The van der Waals surface area contributed by atoms with Crippen molar-refractivity contribution in [1.82, 2.24) is 25.9 Å². The lowest BCUT2D eigenvalue weighted by molar-refractivity contribution is -0.144. The number of carboxylic acids is 2. The number of H-pyrrole nitrogens is 1. The van der Waals surface area contributed by atoms with Crippen molar-refractivity contribution < 1.29 is 34.2 Å². The number of nitrogens with zero attached hydrogens (tertiary/aromatic N) is 1. The first kappa shape index (κ1) is 27.6. The summed E-state index contributed by atoms with van der Waals surface area (Å²) in [5.41, 5.74) is 6.09. The van der Waals surface area contributed by atoms with Crippen molar-refractivity contribution in [1.29, 1.82) is 0 Å². The molecule has 0 spiro atoms. The lowest BCUT2D eigenvalue weighted by Gasteiger charge is -2.26. The average Bonchev–Trinajstić information content (AvgIpc) is 3.26. The number of carbonyl (C=O) groups is 5. The van der Waals surface area contributed by atoms with Gasteiger partial charge in [-0.15, -0.1) is 0 Å². The molecule has 1 heterocycles. The molecule has 0 saturated heterocycles. The van der Waals surface area contributed by atoms with Crippen molar-refractivity contribution in [2.45, 2.75) is 70.6 Å². The van der Waals surface area contributed by atoms with Crippen LogP contribution in [-0.2, 0) is 30.4 Å². The molecule has 13 nitrogen and oxygen atoms in total. The van der Waals surface area contributed by atoms with Crippen LogP contribution >= 0.6 is 0 Å². The first-order valence-electron chi connectivity index (χ1n) is 10.5. The van der Waals surface area contributed by atoms with E-state index < -0.39 is 66.2 Å². The second kappa shape index (κ2) is 13.2. The van der Waals surface area contributed by atoms with Crippen LogP contribution in [0.1, 0.15) is 45.7 Å². The van der Waals surface area contributed by atoms with Crippen molar-refractivity contribution in [2.75, 3.05) is 0 Å². The number of carbonyl (C=O) groups excluding carboxylic acids is 3. The van der Waals surface area contributed by atoms with Crippen molar-refractivity contribution in [3.63, 3.8) is 0 Å². The zero-order valence-electron chi connectivity index (χ0n) is 18.8. The maximum Gasteiger partial charge on any atom is 0.326 e. The fourth-order valence-electron chi connectivity index (χ4n) is 2.87. The first-order valence-corrected chi connectivity index (χ1v) is 10.5. The second-order valence-electron chi connectivity index (χ2n) is 7.83. The number of aliphatic carboxylic acids is 2. The molecule has 0 bridgehead atoms. The van der Waals surface area contributed by atoms with Gasteiger partial charge in [-0.25, -0.2) is 9.78 Å². The zero-order chi connectivity index (χ0) is 25.1. The third-order valence-electron chi connectivity index (χ3n) is 5.08. The number of hydrogen-bond acceptors (Lipinski definition) is 7. The van der Waals surface area contributed by atoms with Crippen molar-refractivity contribution >= 4 is 29.7 Å². The van der Waals surface area contributed by atoms with E-state index in [-0.39, 0.29) is 12.8 Å². The van der Waals surface area contributed by atoms with Gasteiger partial charge in [-0.1, -0.05) is 20.3 Å². The molecule has 5 atom stereocenters. The van der Waals surface area contributed by atoms with E-state index in [0.29, 0.717) is 12.1 Å². The Morgan fingerprint density at radius 1 is 1.03 bits per heavy atom. The molecule has 0 aliphatic carbocycles. The summed E-state index contributed by atoms with van der Waals surface area (Å²) in [7, 11) is 0. The van der Waals surface area contributed by atoms with Crippen molar-refractivity contribution in [2.24, 2.45) is 11.7 Å². The van der Waals surface area contributed by atoms with Crippen molar-refractivity contribution in [3.8, 4) is 0 Å². The average molecular weight is 469 g/mol. The van der Waals surface area contributed by atoms with Gasteiger partial charge in [-0.3, -0.25) is 19.2 Å². The van der Waals surface area contributed by atoms with Crippen LogP contribution in [0.4, 0.5) is 0 Å². The lowest BCUT2D eigenvalue weighted by atomic mass is 9.98. The van der Waals surface area contributed by atoms with Crippen LogP contribution in [0.25, 0.3) is 0 Å². The summed E-state index contributed by atoms with van der Waals surface area (Å²) >= 11 is 0. The van der Waals surface area contributed by atoms with Gasteiger partial charge < -0.3 is 36.9 Å². The first-order chi connectivity index (χ1) is 15.5. The Morgan fingerprint density at radius 2 is 1.64 bits per heavy atom. The van der Waals surface area contributed by atoms with Gasteiger partial charge in [0.2, 0.25) is 17.7 Å². The minimum absolute atomic E-state index is 0.00217. The van der Waals surface area contributed by atoms with Gasteiger partial charge >= 0.3 is 11.9 Å². The highest BCUT2D eigenvalue weighted by atomic mass is 16.4. The summed E-state index contributed by atoms with van der Waals surface area (Å²) in [6.07, 6.45) is 2.59. The SMILES string of the molecule is CCC(C)C(NC(=O)C(CCC(=O)O)NC(=O)C(Cc1cnc[nH]1)NC(=O)C(C)N)C(=O)O. The van der Waals surface area contributed by atoms with Gasteiger partial charge in [0.25, 0.3) is 0 Å². The molecule has 1 aromatic rings. The Bertz CT molecular complexity index is 827. The van der Waals surface area contributed by atoms with E-state index in [1.807, 2.05) is 0 Å². The second-order valence-corrected chi connectivity index (χ2v) is 7.83. The molecule has 0 radical (unpaired) electrons. The van der Waals surface area contributed by atoms with E-state index in [2.05, 4.69) is 25.9 Å². The Kier molecular flexibility index (Phi) is 11.0. The van der Waals surface area contributed by atoms with E-state index >= 15 is 0 Å². The maximum atomic E-state index is 13.0. The highest BCUT2D eigenvalue weighted by Gasteiger charge is 2.32. The van der Waals surface area contributed by atoms with Gasteiger partial charge in [-0.2, -0.15) is 0 Å². The summed E-state index contributed by atoms with van der Waals surface area (Å²) in [5, 5.41) is 25.7. The number of aromatic amines is 1. The number of aromatic nitrogens is 2. The van der Waals surface area contributed by atoms with E-state index in [1.165, 1.54) is 19.4 Å². The predicted octanol–water partition coefficient (Wildman–Crippen LogP) is -1.25. The smallest absolute Gasteiger partial charge is 0.326 e. The molecule has 0 aliphatic heterocycles. The summed E-state index contributed by atoms with van der Waals surface area (Å²) in [6.45, 7) is 4.84. The van der Waals surface area contributed by atoms with E-state index in [9.17, 15) is 29.1 Å². The minimum atomic E-state index is -1.34. The van der Waals surface area contributed by atoms with E-state index in [0.717, 1.165) is 0 Å². The molecule has 3 amide bonds. The Labute approximate surface area is 190 Å². The third-order valence-corrected chi connectivity index (χ3v) is 5.08. The molecule has 1 aromatic heterocycles. The molecule has 0 aromatic carbocycles. The predicted molar refractivity (Wildman–Crippen MR) is 116 cm³/mol. The van der Waals surface area contributed by atoms with Crippen LogP contribution in [0.15, 0.2) is 12.5 Å². The van der Waals surface area contributed by atoms with Gasteiger partial charge in [0.05, 0.1) is 12.4 Å². The molecule has 13 heteroatoms. The fraction of sp³-hybridized carbons (Fsp3) is 0.600. The normalized spacial score (nSPS) is 15.4. The van der Waals surface area contributed by atoms with Crippen LogP contribution < -0.4 is 21.7 Å². The van der Waals surface area contributed by atoms with Crippen molar-refractivity contribution in [3.05, 3.63) is 18.2 Å². The molecule has 0 saturated carbocycles. The maximum absolute atomic E-state index is 13.0. The molecule has 0 fully saturated rings. The van der Waals surface area contributed by atoms with Crippen LogP contribution in [0.3, 0.4) is 0 Å². The molecular weight excluding hydrogens is 436 g/mol. The number of amides is 3. The largest absolute Gasteiger partial charge is 0.481 e. The molecule has 8 N–H and O–H groups in total. The Balaban J connectivity index is 3.06. The van der Waals surface area contributed by atoms with Gasteiger partial charge in [0.15, 0.2) is 0 Å². The summed E-state index contributed by atoms with van der Waals surface area (Å²) in [6, 6.07) is -4.60. The standard InChI is InChI=1S/C20H32N6O7/c1-4-10(2)16(20(32)33)26-18(30)13(5-6-15(27)28)24-19(31)14(25-17(29)11(3)21)7-12-8-22-9-23-12/h8-11,13-14,16H,4-7,21H2,1-3H3,(H,22,23)(H,24,31)(H,25,29)(H,26,30)(H,27,28)(H,32,33). The fourth-order valence-corrected chi connectivity index (χ4v) is 2.87. The quantitative estimate of drug-likeness (QED) is 0.173. The number of rotatable bonds is 14. The third kappa shape index (κ3) is 9.27. The minimum Gasteiger partial charge on any atom is -0.481 e. The number of imidazole rings is 1. The zero-order valence-corrected chi connectivity index (χ0v) is 18.8. The summed E-state index contributed by atoms with van der Waals surface area (Å²) in [4.78, 5) is 67.1. The number of nitrogens with two attached hydrogens (primary N) is 1. The van der Waals surface area contributed by atoms with E-state index in [4.69, 9.17) is 10.8 Å². The number of hydrogen-bond donors (Lipinski definition) is 7.